The van der Waals surface area contributed by atoms with Crippen LogP contribution in [-0.4, -0.2) is 98.1 Å². The van der Waals surface area contributed by atoms with E-state index in [4.69, 9.17) is 26.7 Å². The Bertz CT molecular complexity index is 1760. The number of likely N-dealkylation sites (N-methyl/N-ethyl adjacent to an activating group) is 2. The molecule has 1 aliphatic heterocycles. The summed E-state index contributed by atoms with van der Waals surface area (Å²) in [5.74, 6) is -1.89. The molecule has 0 fully saturated rings. The fourth-order valence-electron chi connectivity index (χ4n) is 7.65. The molecule has 60 heavy (non-hydrogen) atoms. The predicted molar refractivity (Wildman–Crippen MR) is 233 cm³/mol. The fraction of sp³-hybridized carbons (Fsp3) is 0.609. The lowest BCUT2D eigenvalue weighted by Gasteiger charge is -2.35. The van der Waals surface area contributed by atoms with E-state index in [1.807, 2.05) is 12.1 Å². The Morgan fingerprint density at radius 1 is 0.833 bits per heavy atom. The number of nitrogens with two attached hydrogens (primary N) is 3. The second kappa shape index (κ2) is 26.4. The van der Waals surface area contributed by atoms with Crippen LogP contribution in [0.2, 0.25) is 0 Å². The highest BCUT2D eigenvalue weighted by atomic mass is 16.5. The molecule has 0 aromatic heterocycles. The van der Waals surface area contributed by atoms with Gasteiger partial charge in [0.2, 0.25) is 17.7 Å². The van der Waals surface area contributed by atoms with Crippen LogP contribution < -0.4 is 32.0 Å². The maximum Gasteiger partial charge on any atom is 0.246 e. The monoisotopic (exact) mass is 832 g/mol. The Hall–Kier alpha value is -4.84. The highest BCUT2D eigenvalue weighted by molar-refractivity contribution is 5.97. The van der Waals surface area contributed by atoms with Crippen LogP contribution in [0.5, 0.6) is 11.5 Å². The minimum atomic E-state index is -1.19. The molecule has 0 spiro atoms. The molecular formula is C46H69N7O7. The summed E-state index contributed by atoms with van der Waals surface area (Å²) in [7, 11) is 3.13. The average Bonchev–Trinajstić information content (AvgIpc) is 3.24. The van der Waals surface area contributed by atoms with Crippen molar-refractivity contribution in [2.24, 2.45) is 23.1 Å². The Labute approximate surface area is 356 Å². The second-order valence-corrected chi connectivity index (χ2v) is 15.8. The van der Waals surface area contributed by atoms with Gasteiger partial charge in [-0.15, -0.1) is 0 Å². The van der Waals surface area contributed by atoms with Gasteiger partial charge in [0.15, 0.2) is 11.6 Å². The summed E-state index contributed by atoms with van der Waals surface area (Å²) in [5, 5.41) is 12.1. The number of ketones is 2. The van der Waals surface area contributed by atoms with E-state index in [0.717, 1.165) is 19.3 Å². The van der Waals surface area contributed by atoms with E-state index in [1.54, 1.807) is 44.3 Å². The normalized spacial score (nSPS) is 17.1. The van der Waals surface area contributed by atoms with Gasteiger partial charge < -0.3 is 41.8 Å². The number of unbranched alkanes of at least 4 members (excludes halogenated alkanes) is 8. The summed E-state index contributed by atoms with van der Waals surface area (Å²) in [6, 6.07) is 9.48. The van der Waals surface area contributed by atoms with Crippen LogP contribution in [0.25, 0.3) is 11.1 Å². The molecule has 0 unspecified atom stereocenters. The van der Waals surface area contributed by atoms with Crippen molar-refractivity contribution in [2.75, 3.05) is 46.9 Å². The van der Waals surface area contributed by atoms with Gasteiger partial charge in [0.25, 0.3) is 0 Å². The van der Waals surface area contributed by atoms with Crippen molar-refractivity contribution in [3.8, 4) is 28.7 Å². The smallest absolute Gasteiger partial charge is 0.246 e. The number of ether oxygens (including phenoxy) is 2. The topological polar surface area (TPSA) is 224 Å². The number of nitrogens with zero attached hydrogens (tertiary/aromatic N) is 3. The number of nitrogens with one attached hydrogen (secondary N) is 1. The fourth-order valence-corrected chi connectivity index (χ4v) is 7.65. The molecule has 7 N–H and O–H groups in total. The van der Waals surface area contributed by atoms with Gasteiger partial charge in [0.1, 0.15) is 36.8 Å². The molecule has 3 amide bonds. The van der Waals surface area contributed by atoms with Crippen LogP contribution in [0, 0.1) is 17.2 Å². The number of hydrogen-bond donors (Lipinski definition) is 4. The van der Waals surface area contributed by atoms with E-state index in [1.165, 1.54) is 49.0 Å². The highest BCUT2D eigenvalue weighted by Gasteiger charge is 2.37. The third-order valence-electron chi connectivity index (χ3n) is 11.1. The summed E-state index contributed by atoms with van der Waals surface area (Å²) in [5.41, 5.74) is 20.0. The number of amides is 3. The van der Waals surface area contributed by atoms with Gasteiger partial charge in [0, 0.05) is 69.9 Å². The van der Waals surface area contributed by atoms with Crippen molar-refractivity contribution in [3.63, 3.8) is 0 Å². The maximum atomic E-state index is 14.6. The van der Waals surface area contributed by atoms with Crippen molar-refractivity contribution in [3.05, 3.63) is 47.5 Å². The van der Waals surface area contributed by atoms with Crippen molar-refractivity contribution in [2.45, 2.75) is 128 Å². The van der Waals surface area contributed by atoms with Crippen LogP contribution in [0.15, 0.2) is 36.4 Å². The van der Waals surface area contributed by atoms with Gasteiger partial charge in [-0.3, -0.25) is 24.0 Å². The lowest BCUT2D eigenvalue weighted by molar-refractivity contribution is -0.148. The minimum Gasteiger partial charge on any atom is -0.492 e. The zero-order chi connectivity index (χ0) is 44.0. The molecule has 4 atom stereocenters. The largest absolute Gasteiger partial charge is 0.492 e. The summed E-state index contributed by atoms with van der Waals surface area (Å²) in [4.78, 5) is 72.7. The zero-order valence-electron chi connectivity index (χ0n) is 36.3. The number of hydrogen-bond acceptors (Lipinski definition) is 11. The van der Waals surface area contributed by atoms with Crippen LogP contribution in [0.4, 0.5) is 0 Å². The number of carbonyl (C=O) groups excluding carboxylic acids is 5. The first kappa shape index (κ1) is 49.5. The third-order valence-corrected chi connectivity index (χ3v) is 11.1. The summed E-state index contributed by atoms with van der Waals surface area (Å²) in [6.07, 6.45) is 10.2. The number of fused-ring (bicyclic) bond motifs is 5. The van der Waals surface area contributed by atoms with Gasteiger partial charge in [-0.2, -0.15) is 5.26 Å². The molecule has 2 aromatic rings. The molecule has 14 heteroatoms. The summed E-state index contributed by atoms with van der Waals surface area (Å²) in [6.45, 7) is 4.78. The van der Waals surface area contributed by atoms with E-state index in [9.17, 15) is 29.2 Å². The SMILES string of the molecule is CCCCCCCCCCCC(=O)N(C)[C@@H](CCN)C(=O)N(C)[C@@H]1C(=O)C[C@@H](C)C(=O)N[C@H](C(=O)CCC#N)Cc2ccc(OCCN)c(c2)-c2cc1ccc2OCCN. The van der Waals surface area contributed by atoms with Gasteiger partial charge in [0.05, 0.1) is 12.1 Å². The first-order chi connectivity index (χ1) is 28.9. The molecular weight excluding hydrogens is 763 g/mol. The standard InChI is InChI=1S/C46H69N7O7/c1-5-6-7-8-9-10-11-12-13-16-43(56)52(3)38(21-23-48)46(58)53(4)44-34-18-20-42(60-27-25-50)36(31-34)35-29-33(17-19-41(35)59-26-24-49)30-37(39(54)15-14-22-47)51-45(57)32(2)28-40(44)55/h17-20,29,31-32,37-38,44H,5-16,21,23-28,30,48-50H2,1-4H3,(H,51,57)/t32-,37+,38+,44+/m1/s1. The molecule has 3 rings (SSSR count). The van der Waals surface area contributed by atoms with E-state index in [2.05, 4.69) is 12.2 Å². The van der Waals surface area contributed by atoms with E-state index in [0.29, 0.717) is 46.6 Å². The van der Waals surface area contributed by atoms with Gasteiger partial charge in [-0.05, 0) is 61.2 Å². The molecule has 330 valence electrons. The van der Waals surface area contributed by atoms with Gasteiger partial charge >= 0.3 is 0 Å². The second-order valence-electron chi connectivity index (χ2n) is 15.8. The predicted octanol–water partition coefficient (Wildman–Crippen LogP) is 5.13. The van der Waals surface area contributed by atoms with Crippen LogP contribution in [0.1, 0.15) is 121 Å². The van der Waals surface area contributed by atoms with E-state index >= 15 is 0 Å². The van der Waals surface area contributed by atoms with E-state index < -0.39 is 41.6 Å². The zero-order valence-corrected chi connectivity index (χ0v) is 36.3. The lowest BCUT2D eigenvalue weighted by atomic mass is 9.89. The molecule has 1 heterocycles. The van der Waals surface area contributed by atoms with Crippen molar-refractivity contribution < 1.29 is 33.4 Å². The Morgan fingerprint density at radius 3 is 2.03 bits per heavy atom. The number of Topliss-reactive ketones (excluding diaryl/α,β-unsaturated/α-hetero) is 2. The molecule has 0 radical (unpaired) electrons. The molecule has 0 aliphatic carbocycles. The molecule has 14 nitrogen and oxygen atoms in total. The average molecular weight is 832 g/mol. The van der Waals surface area contributed by atoms with Crippen LogP contribution in [0.3, 0.4) is 0 Å². The van der Waals surface area contributed by atoms with Crippen molar-refractivity contribution in [1.82, 2.24) is 15.1 Å². The van der Waals surface area contributed by atoms with E-state index in [-0.39, 0.29) is 76.6 Å². The third kappa shape index (κ3) is 14.7. The maximum absolute atomic E-state index is 14.6. The van der Waals surface area contributed by atoms with Crippen LogP contribution >= 0.6 is 0 Å². The molecule has 0 saturated carbocycles. The highest BCUT2D eigenvalue weighted by Crippen LogP contribution is 2.40. The van der Waals surface area contributed by atoms with Crippen LogP contribution in [-0.2, 0) is 30.4 Å². The number of carbonyl (C=O) groups is 5. The quantitative estimate of drug-likeness (QED) is 0.101. The Kier molecular flexibility index (Phi) is 21.8. The first-order valence-corrected chi connectivity index (χ1v) is 21.8. The lowest BCUT2D eigenvalue weighted by Crippen LogP contribution is -2.51. The Balaban J connectivity index is 2.08. The summed E-state index contributed by atoms with van der Waals surface area (Å²) >= 11 is 0. The molecule has 1 aliphatic rings. The molecule has 4 bridgehead atoms. The van der Waals surface area contributed by atoms with Gasteiger partial charge in [-0.1, -0.05) is 77.3 Å². The van der Waals surface area contributed by atoms with Gasteiger partial charge in [-0.25, -0.2) is 0 Å². The van der Waals surface area contributed by atoms with Crippen molar-refractivity contribution >= 4 is 29.3 Å². The van der Waals surface area contributed by atoms with Crippen molar-refractivity contribution in [1.29, 1.82) is 5.26 Å². The number of rotatable bonds is 24. The molecule has 0 saturated heterocycles. The number of nitriles is 1. The first-order valence-electron chi connectivity index (χ1n) is 21.8. The minimum absolute atomic E-state index is 0.0156. The molecule has 2 aromatic carbocycles. The number of benzene rings is 2. The Morgan fingerprint density at radius 2 is 1.43 bits per heavy atom. The summed E-state index contributed by atoms with van der Waals surface area (Å²) < 4.78 is 12.2.